The Morgan fingerprint density at radius 1 is 0.400 bits per heavy atom. The van der Waals surface area contributed by atoms with E-state index < -0.39 is 0 Å². The highest BCUT2D eigenvalue weighted by molar-refractivity contribution is 7.26. The maximum atomic E-state index is 6.23. The van der Waals surface area contributed by atoms with E-state index in [1.165, 1.54) is 62.2 Å². The zero-order valence-electron chi connectivity index (χ0n) is 26.8. The Bertz CT molecular complexity index is 3110. The first kappa shape index (κ1) is 28.0. The van der Waals surface area contributed by atoms with Gasteiger partial charge in [-0.1, -0.05) is 97.1 Å². The molecule has 0 fully saturated rings. The van der Waals surface area contributed by atoms with Crippen LogP contribution in [0.25, 0.3) is 84.2 Å². The summed E-state index contributed by atoms with van der Waals surface area (Å²) < 4.78 is 11.5. The molecule has 3 heterocycles. The Hall–Kier alpha value is -5.94. The van der Waals surface area contributed by atoms with Gasteiger partial charge in [-0.25, -0.2) is 0 Å². The van der Waals surface area contributed by atoms with Crippen LogP contribution in [0.2, 0.25) is 0 Å². The molecule has 2 nitrogen and oxygen atoms in total. The van der Waals surface area contributed by atoms with E-state index in [4.69, 9.17) is 4.42 Å². The zero-order valence-corrected chi connectivity index (χ0v) is 28.4. The second kappa shape index (κ2) is 10.8. The fourth-order valence-corrected chi connectivity index (χ4v) is 10.1. The molecular weight excluding hydrogens is 647 g/mol. The van der Waals surface area contributed by atoms with Crippen LogP contribution in [0.15, 0.2) is 168 Å². The molecule has 0 aliphatic carbocycles. The largest absolute Gasteiger partial charge is 0.456 e. The lowest BCUT2D eigenvalue weighted by Crippen LogP contribution is -2.09. The Labute approximate surface area is 295 Å². The lowest BCUT2D eigenvalue weighted by Gasteiger charge is -2.26. The predicted molar refractivity (Wildman–Crippen MR) is 217 cm³/mol. The average Bonchev–Trinajstić information content (AvgIpc) is 3.86. The molecule has 0 spiro atoms. The first-order valence-corrected chi connectivity index (χ1v) is 18.5. The van der Waals surface area contributed by atoms with Crippen LogP contribution in [0.1, 0.15) is 0 Å². The minimum absolute atomic E-state index is 0.897. The number of para-hydroxylation sites is 1. The fourth-order valence-electron chi connectivity index (χ4n) is 7.73. The van der Waals surface area contributed by atoms with Crippen molar-refractivity contribution in [1.82, 2.24) is 0 Å². The van der Waals surface area contributed by atoms with Crippen molar-refractivity contribution in [2.24, 2.45) is 0 Å². The third-order valence-electron chi connectivity index (χ3n) is 10.0. The van der Waals surface area contributed by atoms with Gasteiger partial charge in [0.25, 0.3) is 0 Å². The average molecular weight is 674 g/mol. The summed E-state index contributed by atoms with van der Waals surface area (Å²) in [5.41, 5.74) is 7.62. The first-order chi connectivity index (χ1) is 24.8. The molecule has 0 unspecified atom stereocenters. The number of rotatable bonds is 4. The number of fused-ring (bicyclic) bond motifs is 11. The van der Waals surface area contributed by atoms with Gasteiger partial charge >= 0.3 is 0 Å². The van der Waals surface area contributed by atoms with Crippen LogP contribution >= 0.6 is 22.7 Å². The molecule has 3 aromatic heterocycles. The Morgan fingerprint density at radius 2 is 1.02 bits per heavy atom. The number of thiophene rings is 2. The second-order valence-electron chi connectivity index (χ2n) is 12.9. The number of hydrogen-bond donors (Lipinski definition) is 0. The van der Waals surface area contributed by atoms with E-state index in [2.05, 4.69) is 157 Å². The predicted octanol–water partition coefficient (Wildman–Crippen LogP) is 14.6. The maximum absolute atomic E-state index is 6.23. The van der Waals surface area contributed by atoms with E-state index >= 15 is 0 Å². The molecule has 0 amide bonds. The SMILES string of the molecule is c1ccc2c(c1)cc(-c1ccc(N(c3ccc4c(c3)sc3ccccc34)c3ccc4oc5ccccc5c4c3)cc1)c1sc3ccccc3c12. The van der Waals surface area contributed by atoms with Crippen LogP contribution in [-0.2, 0) is 0 Å². The van der Waals surface area contributed by atoms with Crippen molar-refractivity contribution >= 4 is 113 Å². The number of anilines is 3. The highest BCUT2D eigenvalue weighted by Crippen LogP contribution is 2.46. The molecule has 0 aliphatic heterocycles. The van der Waals surface area contributed by atoms with E-state index in [9.17, 15) is 0 Å². The summed E-state index contributed by atoms with van der Waals surface area (Å²) in [4.78, 5) is 2.38. The molecule has 0 saturated heterocycles. The van der Waals surface area contributed by atoms with Crippen molar-refractivity contribution in [2.75, 3.05) is 4.90 Å². The third kappa shape index (κ3) is 4.19. The van der Waals surface area contributed by atoms with Crippen LogP contribution in [0.5, 0.6) is 0 Å². The maximum Gasteiger partial charge on any atom is 0.135 e. The normalized spacial score (nSPS) is 12.0. The molecule has 234 valence electrons. The van der Waals surface area contributed by atoms with Gasteiger partial charge in [0.2, 0.25) is 0 Å². The van der Waals surface area contributed by atoms with Gasteiger partial charge < -0.3 is 9.32 Å². The molecular formula is C46H27NOS2. The van der Waals surface area contributed by atoms with Crippen LogP contribution in [0.3, 0.4) is 0 Å². The smallest absolute Gasteiger partial charge is 0.135 e. The molecule has 0 aliphatic rings. The number of hydrogen-bond acceptors (Lipinski definition) is 4. The van der Waals surface area contributed by atoms with Crippen LogP contribution < -0.4 is 4.90 Å². The van der Waals surface area contributed by atoms with Crippen molar-refractivity contribution < 1.29 is 4.42 Å². The van der Waals surface area contributed by atoms with Crippen molar-refractivity contribution in [3.8, 4) is 11.1 Å². The second-order valence-corrected chi connectivity index (χ2v) is 15.0. The van der Waals surface area contributed by atoms with Crippen LogP contribution in [0, 0.1) is 0 Å². The molecule has 0 bridgehead atoms. The van der Waals surface area contributed by atoms with Crippen molar-refractivity contribution in [2.45, 2.75) is 0 Å². The van der Waals surface area contributed by atoms with E-state index in [0.717, 1.165) is 39.0 Å². The minimum Gasteiger partial charge on any atom is -0.456 e. The molecule has 0 N–H and O–H groups in total. The van der Waals surface area contributed by atoms with E-state index in [1.54, 1.807) is 0 Å². The van der Waals surface area contributed by atoms with E-state index in [1.807, 2.05) is 34.8 Å². The van der Waals surface area contributed by atoms with Gasteiger partial charge in [0.15, 0.2) is 0 Å². The van der Waals surface area contributed by atoms with Crippen molar-refractivity contribution in [3.63, 3.8) is 0 Å². The van der Waals surface area contributed by atoms with E-state index in [0.29, 0.717) is 0 Å². The molecule has 50 heavy (non-hydrogen) atoms. The number of furan rings is 1. The van der Waals surface area contributed by atoms with Gasteiger partial charge in [-0.15, -0.1) is 22.7 Å². The standard InChI is InChI=1S/C46H27NOS2/c1-2-10-33-29(9-1)25-38(46-45(33)37-13-5-8-16-43(37)50-46)28-17-19-30(20-18-28)47(31-22-24-41-39(26-31)34-11-3-6-14-40(34)48-41)32-21-23-36-35-12-4-7-15-42(35)49-44(36)27-32/h1-27H. The molecule has 0 atom stereocenters. The molecule has 11 aromatic rings. The zero-order chi connectivity index (χ0) is 32.8. The van der Waals surface area contributed by atoms with Gasteiger partial charge in [0.05, 0.1) is 0 Å². The Kier molecular flexibility index (Phi) is 6.03. The van der Waals surface area contributed by atoms with E-state index in [-0.39, 0.29) is 0 Å². The number of benzene rings is 8. The lowest BCUT2D eigenvalue weighted by molar-refractivity contribution is 0.669. The summed E-state index contributed by atoms with van der Waals surface area (Å²) in [7, 11) is 0. The molecule has 0 saturated carbocycles. The quantitative estimate of drug-likeness (QED) is 0.185. The van der Waals surface area contributed by atoms with Gasteiger partial charge in [-0.2, -0.15) is 0 Å². The molecule has 8 aromatic carbocycles. The van der Waals surface area contributed by atoms with Crippen LogP contribution in [0.4, 0.5) is 17.1 Å². The Balaban J connectivity index is 1.10. The lowest BCUT2D eigenvalue weighted by atomic mass is 9.96. The molecule has 11 rings (SSSR count). The third-order valence-corrected chi connectivity index (χ3v) is 12.4. The topological polar surface area (TPSA) is 16.4 Å². The fraction of sp³-hybridized carbons (Fsp3) is 0. The number of nitrogens with zero attached hydrogens (tertiary/aromatic N) is 1. The van der Waals surface area contributed by atoms with Gasteiger partial charge in [0, 0.05) is 73.7 Å². The van der Waals surface area contributed by atoms with Gasteiger partial charge in [0.1, 0.15) is 11.2 Å². The van der Waals surface area contributed by atoms with Gasteiger partial charge in [-0.05, 0) is 83.1 Å². The summed E-state index contributed by atoms with van der Waals surface area (Å²) in [5.74, 6) is 0. The monoisotopic (exact) mass is 673 g/mol. The summed E-state index contributed by atoms with van der Waals surface area (Å²) in [6, 6.07) is 59.5. The Morgan fingerprint density at radius 3 is 1.88 bits per heavy atom. The first-order valence-electron chi connectivity index (χ1n) is 16.8. The van der Waals surface area contributed by atoms with Crippen LogP contribution in [-0.4, -0.2) is 0 Å². The van der Waals surface area contributed by atoms with Crippen molar-refractivity contribution in [3.05, 3.63) is 164 Å². The molecule has 0 radical (unpaired) electrons. The minimum atomic E-state index is 0.897. The highest BCUT2D eigenvalue weighted by Gasteiger charge is 2.19. The summed E-state index contributed by atoms with van der Waals surface area (Å²) in [6.45, 7) is 0. The van der Waals surface area contributed by atoms with Gasteiger partial charge in [-0.3, -0.25) is 0 Å². The summed E-state index contributed by atoms with van der Waals surface area (Å²) >= 11 is 3.74. The highest BCUT2D eigenvalue weighted by atomic mass is 32.1. The molecule has 4 heteroatoms. The summed E-state index contributed by atoms with van der Waals surface area (Å²) in [6.07, 6.45) is 0. The summed E-state index contributed by atoms with van der Waals surface area (Å²) in [5, 5.41) is 10.1. The van der Waals surface area contributed by atoms with Crippen molar-refractivity contribution in [1.29, 1.82) is 0 Å².